The third kappa shape index (κ3) is 3.89. The van der Waals surface area contributed by atoms with Gasteiger partial charge in [-0.3, -0.25) is 0 Å². The standard InChI is InChI=1S/C14H17FN4O2S.ClH/c15-12-3-1-2-4-14(12)19-9-11(8-17-19)22(20,21)18-13(7-16)10-5-6-10;/h1-4,8-10,13,18H,5-7,16H2;1H. The van der Waals surface area contributed by atoms with Crippen molar-refractivity contribution < 1.29 is 12.8 Å². The summed E-state index contributed by atoms with van der Waals surface area (Å²) in [5.41, 5.74) is 5.81. The quantitative estimate of drug-likeness (QED) is 0.815. The number of benzene rings is 1. The van der Waals surface area contributed by atoms with E-state index >= 15 is 0 Å². The predicted molar refractivity (Wildman–Crippen MR) is 86.7 cm³/mol. The van der Waals surface area contributed by atoms with Crippen molar-refractivity contribution in [3.63, 3.8) is 0 Å². The average Bonchev–Trinajstić information content (AvgIpc) is 3.21. The van der Waals surface area contributed by atoms with Crippen LogP contribution in [0.5, 0.6) is 0 Å². The van der Waals surface area contributed by atoms with Crippen LogP contribution in [0.3, 0.4) is 0 Å². The molecule has 1 aliphatic rings. The minimum absolute atomic E-state index is 0. The SMILES string of the molecule is Cl.NCC(NS(=O)(=O)c1cnn(-c2ccccc2F)c1)C1CC1. The van der Waals surface area contributed by atoms with Gasteiger partial charge in [-0.25, -0.2) is 22.2 Å². The zero-order valence-electron chi connectivity index (χ0n) is 12.2. The summed E-state index contributed by atoms with van der Waals surface area (Å²) in [4.78, 5) is -0.00477. The molecule has 1 aromatic carbocycles. The van der Waals surface area contributed by atoms with E-state index in [0.29, 0.717) is 5.92 Å². The molecule has 0 saturated heterocycles. The second-order valence-corrected chi connectivity index (χ2v) is 7.09. The van der Waals surface area contributed by atoms with Crippen molar-refractivity contribution in [2.45, 2.75) is 23.8 Å². The van der Waals surface area contributed by atoms with Crippen molar-refractivity contribution in [2.24, 2.45) is 11.7 Å². The molecule has 0 bridgehead atoms. The van der Waals surface area contributed by atoms with Gasteiger partial charge in [0, 0.05) is 12.6 Å². The first kappa shape index (κ1) is 17.9. The Kier molecular flexibility index (Phi) is 5.41. The topological polar surface area (TPSA) is 90.0 Å². The Hall–Kier alpha value is -1.48. The Morgan fingerprint density at radius 1 is 1.39 bits per heavy atom. The van der Waals surface area contributed by atoms with Gasteiger partial charge in [0.15, 0.2) is 0 Å². The van der Waals surface area contributed by atoms with Crippen LogP contribution in [0.15, 0.2) is 41.6 Å². The molecule has 1 fully saturated rings. The van der Waals surface area contributed by atoms with Gasteiger partial charge in [-0.1, -0.05) is 12.1 Å². The number of nitrogens with two attached hydrogens (primary N) is 1. The van der Waals surface area contributed by atoms with Crippen molar-refractivity contribution in [3.8, 4) is 5.69 Å². The van der Waals surface area contributed by atoms with Crippen LogP contribution in [0.2, 0.25) is 0 Å². The number of aromatic nitrogens is 2. The smallest absolute Gasteiger partial charge is 0.244 e. The Balaban J connectivity index is 0.00000192. The molecule has 9 heteroatoms. The van der Waals surface area contributed by atoms with Gasteiger partial charge in [-0.15, -0.1) is 12.4 Å². The van der Waals surface area contributed by atoms with Crippen LogP contribution in [0, 0.1) is 11.7 Å². The number of halogens is 2. The molecule has 0 amide bonds. The zero-order valence-corrected chi connectivity index (χ0v) is 13.9. The van der Waals surface area contributed by atoms with Crippen LogP contribution < -0.4 is 10.5 Å². The van der Waals surface area contributed by atoms with E-state index < -0.39 is 15.8 Å². The Labute approximate surface area is 140 Å². The van der Waals surface area contributed by atoms with Gasteiger partial charge in [0.25, 0.3) is 0 Å². The fraction of sp³-hybridized carbons (Fsp3) is 0.357. The molecule has 3 rings (SSSR count). The summed E-state index contributed by atoms with van der Waals surface area (Å²) < 4.78 is 42.2. The number of sulfonamides is 1. The zero-order chi connectivity index (χ0) is 15.7. The highest BCUT2D eigenvalue weighted by molar-refractivity contribution is 7.89. The molecule has 1 atom stereocenters. The summed E-state index contributed by atoms with van der Waals surface area (Å²) in [6.45, 7) is 0.255. The average molecular weight is 361 g/mol. The van der Waals surface area contributed by atoms with Gasteiger partial charge in [0.1, 0.15) is 16.4 Å². The molecule has 2 aromatic rings. The molecule has 126 valence electrons. The molecule has 23 heavy (non-hydrogen) atoms. The van der Waals surface area contributed by atoms with E-state index in [1.807, 2.05) is 0 Å². The van der Waals surface area contributed by atoms with Crippen LogP contribution in [-0.4, -0.2) is 30.8 Å². The Bertz CT molecular complexity index is 777. The fourth-order valence-electron chi connectivity index (χ4n) is 2.32. The van der Waals surface area contributed by atoms with Crippen molar-refractivity contribution >= 4 is 22.4 Å². The van der Waals surface area contributed by atoms with E-state index in [1.54, 1.807) is 12.1 Å². The van der Waals surface area contributed by atoms with E-state index in [9.17, 15) is 12.8 Å². The maximum Gasteiger partial charge on any atom is 0.244 e. The minimum atomic E-state index is -3.71. The number of hydrogen-bond acceptors (Lipinski definition) is 4. The second-order valence-electron chi connectivity index (χ2n) is 5.37. The molecule has 6 nitrogen and oxygen atoms in total. The highest BCUT2D eigenvalue weighted by Gasteiger charge is 2.33. The van der Waals surface area contributed by atoms with Crippen molar-refractivity contribution in [1.29, 1.82) is 0 Å². The van der Waals surface area contributed by atoms with E-state index in [2.05, 4.69) is 9.82 Å². The molecule has 0 radical (unpaired) electrons. The number of hydrogen-bond donors (Lipinski definition) is 2. The van der Waals surface area contributed by atoms with Crippen molar-refractivity contribution in [3.05, 3.63) is 42.5 Å². The monoisotopic (exact) mass is 360 g/mol. The maximum atomic E-state index is 13.7. The van der Waals surface area contributed by atoms with E-state index in [1.165, 1.54) is 29.2 Å². The second kappa shape index (κ2) is 6.96. The maximum absolute atomic E-state index is 13.7. The van der Waals surface area contributed by atoms with Gasteiger partial charge in [0.05, 0.1) is 12.4 Å². The van der Waals surface area contributed by atoms with Crippen LogP contribution in [-0.2, 0) is 10.0 Å². The lowest BCUT2D eigenvalue weighted by atomic mass is 10.2. The molecule has 3 N–H and O–H groups in total. The number of nitrogens with one attached hydrogen (secondary N) is 1. The van der Waals surface area contributed by atoms with Crippen LogP contribution >= 0.6 is 12.4 Å². The summed E-state index contributed by atoms with van der Waals surface area (Å²) in [5, 5.41) is 3.93. The normalized spacial score (nSPS) is 15.9. The molecule has 0 aliphatic heterocycles. The van der Waals surface area contributed by atoms with Crippen molar-refractivity contribution in [2.75, 3.05) is 6.54 Å². The molecule has 1 saturated carbocycles. The molecule has 0 spiro atoms. The summed E-state index contributed by atoms with van der Waals surface area (Å²) in [6.07, 6.45) is 4.47. The highest BCUT2D eigenvalue weighted by atomic mass is 35.5. The molecule has 1 aliphatic carbocycles. The molecular formula is C14H18ClFN4O2S. The lowest BCUT2D eigenvalue weighted by molar-refractivity contribution is 0.519. The number of nitrogens with zero attached hydrogens (tertiary/aromatic N) is 2. The van der Waals surface area contributed by atoms with Gasteiger partial charge >= 0.3 is 0 Å². The van der Waals surface area contributed by atoms with Gasteiger partial charge in [0.2, 0.25) is 10.0 Å². The summed E-state index contributed by atoms with van der Waals surface area (Å²) in [7, 11) is -3.71. The first-order chi connectivity index (χ1) is 10.5. The lowest BCUT2D eigenvalue weighted by Crippen LogP contribution is -2.41. The largest absolute Gasteiger partial charge is 0.329 e. The number of para-hydroxylation sites is 1. The third-order valence-electron chi connectivity index (χ3n) is 3.72. The predicted octanol–water partition coefficient (Wildman–Crippen LogP) is 1.45. The Morgan fingerprint density at radius 2 is 2.09 bits per heavy atom. The first-order valence-corrected chi connectivity index (χ1v) is 8.51. The van der Waals surface area contributed by atoms with Crippen LogP contribution in [0.25, 0.3) is 5.69 Å². The molecule has 1 aromatic heterocycles. The summed E-state index contributed by atoms with van der Waals surface area (Å²) in [6, 6.07) is 5.77. The van der Waals surface area contributed by atoms with E-state index in [-0.39, 0.29) is 35.6 Å². The lowest BCUT2D eigenvalue weighted by Gasteiger charge is -2.15. The van der Waals surface area contributed by atoms with Gasteiger partial charge in [-0.2, -0.15) is 5.10 Å². The molecular weight excluding hydrogens is 343 g/mol. The van der Waals surface area contributed by atoms with E-state index in [0.717, 1.165) is 12.8 Å². The number of rotatable bonds is 6. The minimum Gasteiger partial charge on any atom is -0.329 e. The molecule has 1 unspecified atom stereocenters. The third-order valence-corrected chi connectivity index (χ3v) is 5.16. The van der Waals surface area contributed by atoms with Crippen LogP contribution in [0.1, 0.15) is 12.8 Å². The Morgan fingerprint density at radius 3 is 2.70 bits per heavy atom. The highest BCUT2D eigenvalue weighted by Crippen LogP contribution is 2.32. The van der Waals surface area contributed by atoms with E-state index in [4.69, 9.17) is 5.73 Å². The first-order valence-electron chi connectivity index (χ1n) is 7.03. The molecule has 1 heterocycles. The fourth-order valence-corrected chi connectivity index (χ4v) is 3.56. The van der Waals surface area contributed by atoms with Crippen LogP contribution in [0.4, 0.5) is 4.39 Å². The summed E-state index contributed by atoms with van der Waals surface area (Å²) in [5.74, 6) is -0.165. The van der Waals surface area contributed by atoms with Gasteiger partial charge < -0.3 is 5.73 Å². The van der Waals surface area contributed by atoms with Crippen molar-refractivity contribution in [1.82, 2.24) is 14.5 Å². The summed E-state index contributed by atoms with van der Waals surface area (Å²) >= 11 is 0. The van der Waals surface area contributed by atoms with Gasteiger partial charge in [-0.05, 0) is 30.9 Å².